The van der Waals surface area contributed by atoms with E-state index < -0.39 is 0 Å². The number of hydrogen-bond acceptors (Lipinski definition) is 3. The molecular formula is C12H14N2O. The van der Waals surface area contributed by atoms with Crippen LogP contribution in [-0.4, -0.2) is 11.6 Å². The van der Waals surface area contributed by atoms with Gasteiger partial charge >= 0.3 is 0 Å². The van der Waals surface area contributed by atoms with Crippen LogP contribution >= 0.6 is 0 Å². The Bertz CT molecular complexity index is 364. The summed E-state index contributed by atoms with van der Waals surface area (Å²) in [5, 5.41) is 8.84. The van der Waals surface area contributed by atoms with E-state index in [0.29, 0.717) is 24.0 Å². The number of nitriles is 1. The summed E-state index contributed by atoms with van der Waals surface area (Å²) in [4.78, 5) is 4.07. The fraction of sp³-hybridized carbons (Fsp3) is 0.500. The minimum Gasteiger partial charge on any atom is -0.476 e. The summed E-state index contributed by atoms with van der Waals surface area (Å²) in [6, 6.07) is 5.57. The molecule has 1 aromatic heterocycles. The molecule has 0 atom stereocenters. The van der Waals surface area contributed by atoms with Crippen LogP contribution in [0.3, 0.4) is 0 Å². The van der Waals surface area contributed by atoms with Crippen molar-refractivity contribution >= 4 is 0 Å². The molecule has 1 heterocycles. The minimum absolute atomic E-state index is 0.479. The van der Waals surface area contributed by atoms with Crippen LogP contribution < -0.4 is 4.74 Å². The molecule has 1 saturated carbocycles. The number of rotatable bonds is 3. The molecule has 78 valence electrons. The van der Waals surface area contributed by atoms with Gasteiger partial charge in [-0.3, -0.25) is 0 Å². The Kier molecular flexibility index (Phi) is 3.18. The van der Waals surface area contributed by atoms with Crippen LogP contribution in [0.15, 0.2) is 18.3 Å². The first-order valence-electron chi connectivity index (χ1n) is 5.38. The maximum Gasteiger partial charge on any atom is 0.231 e. The molecule has 2 rings (SSSR count). The van der Waals surface area contributed by atoms with Crippen LogP contribution in [0.1, 0.15) is 31.2 Å². The van der Waals surface area contributed by atoms with Gasteiger partial charge in [0.05, 0.1) is 6.61 Å². The van der Waals surface area contributed by atoms with Gasteiger partial charge in [0.2, 0.25) is 5.88 Å². The third kappa shape index (κ3) is 2.47. The Balaban J connectivity index is 1.95. The van der Waals surface area contributed by atoms with Crippen molar-refractivity contribution < 1.29 is 4.74 Å². The van der Waals surface area contributed by atoms with Crippen molar-refractivity contribution in [3.63, 3.8) is 0 Å². The summed E-state index contributed by atoms with van der Waals surface area (Å²) >= 11 is 0. The fourth-order valence-corrected chi connectivity index (χ4v) is 1.96. The van der Waals surface area contributed by atoms with E-state index >= 15 is 0 Å². The summed E-state index contributed by atoms with van der Waals surface area (Å²) in [5.74, 6) is 1.13. The Morgan fingerprint density at radius 3 is 3.00 bits per heavy atom. The summed E-state index contributed by atoms with van der Waals surface area (Å²) in [6.07, 6.45) is 6.76. The lowest BCUT2D eigenvalue weighted by Crippen LogP contribution is -2.09. The van der Waals surface area contributed by atoms with Crippen molar-refractivity contribution in [3.05, 3.63) is 23.9 Å². The number of ether oxygens (including phenoxy) is 1. The Labute approximate surface area is 89.7 Å². The zero-order valence-corrected chi connectivity index (χ0v) is 8.65. The Morgan fingerprint density at radius 1 is 1.47 bits per heavy atom. The highest BCUT2D eigenvalue weighted by molar-refractivity contribution is 5.36. The highest BCUT2D eigenvalue weighted by atomic mass is 16.5. The number of aromatic nitrogens is 1. The highest BCUT2D eigenvalue weighted by Crippen LogP contribution is 2.25. The van der Waals surface area contributed by atoms with Crippen molar-refractivity contribution in [1.82, 2.24) is 4.98 Å². The van der Waals surface area contributed by atoms with E-state index in [1.165, 1.54) is 25.7 Å². The van der Waals surface area contributed by atoms with Gasteiger partial charge < -0.3 is 4.74 Å². The molecule has 1 aliphatic rings. The molecule has 0 unspecified atom stereocenters. The first kappa shape index (κ1) is 9.97. The van der Waals surface area contributed by atoms with E-state index in [-0.39, 0.29) is 0 Å². The van der Waals surface area contributed by atoms with Gasteiger partial charge in [-0.15, -0.1) is 0 Å². The molecule has 1 aliphatic carbocycles. The number of hydrogen-bond donors (Lipinski definition) is 0. The first-order valence-corrected chi connectivity index (χ1v) is 5.38. The van der Waals surface area contributed by atoms with Gasteiger partial charge in [0.15, 0.2) is 0 Å². The molecule has 0 bridgehead atoms. The summed E-state index contributed by atoms with van der Waals surface area (Å²) in [5.41, 5.74) is 0.524. The molecule has 1 fully saturated rings. The van der Waals surface area contributed by atoms with E-state index in [9.17, 15) is 0 Å². The lowest BCUT2D eigenvalue weighted by molar-refractivity contribution is 0.243. The number of pyridine rings is 1. The normalized spacial score (nSPS) is 16.2. The van der Waals surface area contributed by atoms with E-state index in [4.69, 9.17) is 10.00 Å². The molecule has 0 saturated heterocycles. The van der Waals surface area contributed by atoms with Crippen molar-refractivity contribution in [1.29, 1.82) is 5.26 Å². The average Bonchev–Trinajstić information content (AvgIpc) is 2.79. The molecule has 3 heteroatoms. The fourth-order valence-electron chi connectivity index (χ4n) is 1.96. The van der Waals surface area contributed by atoms with Crippen LogP contribution in [0.2, 0.25) is 0 Å². The van der Waals surface area contributed by atoms with Crippen molar-refractivity contribution in [2.24, 2.45) is 5.92 Å². The van der Waals surface area contributed by atoms with E-state index in [2.05, 4.69) is 11.1 Å². The lowest BCUT2D eigenvalue weighted by Gasteiger charge is -2.10. The molecule has 0 amide bonds. The first-order chi connectivity index (χ1) is 7.40. The third-order valence-electron chi connectivity index (χ3n) is 2.82. The van der Waals surface area contributed by atoms with Crippen LogP contribution in [0.4, 0.5) is 0 Å². The van der Waals surface area contributed by atoms with Gasteiger partial charge in [0.25, 0.3) is 0 Å². The maximum atomic E-state index is 8.84. The van der Waals surface area contributed by atoms with Crippen molar-refractivity contribution in [2.45, 2.75) is 25.7 Å². The molecule has 0 aliphatic heterocycles. The summed E-state index contributed by atoms with van der Waals surface area (Å²) < 4.78 is 5.58. The molecule has 1 aromatic rings. The topological polar surface area (TPSA) is 45.9 Å². The second-order valence-electron chi connectivity index (χ2n) is 3.93. The minimum atomic E-state index is 0.479. The monoisotopic (exact) mass is 202 g/mol. The van der Waals surface area contributed by atoms with E-state index in [1.807, 2.05) is 0 Å². The van der Waals surface area contributed by atoms with Crippen LogP contribution in [0.5, 0.6) is 5.88 Å². The molecule has 0 radical (unpaired) electrons. The average molecular weight is 202 g/mol. The molecule has 0 aromatic carbocycles. The van der Waals surface area contributed by atoms with Crippen LogP contribution in [0.25, 0.3) is 0 Å². The van der Waals surface area contributed by atoms with E-state index in [0.717, 1.165) is 0 Å². The highest BCUT2D eigenvalue weighted by Gasteiger charge is 2.16. The SMILES string of the molecule is N#Cc1cccnc1OCC1CCCC1. The molecule has 3 nitrogen and oxygen atoms in total. The number of nitrogens with zero attached hydrogens (tertiary/aromatic N) is 2. The predicted molar refractivity (Wildman–Crippen MR) is 56.4 cm³/mol. The summed E-state index contributed by atoms with van der Waals surface area (Å²) in [7, 11) is 0. The van der Waals surface area contributed by atoms with Gasteiger partial charge in [-0.1, -0.05) is 12.8 Å². The largest absolute Gasteiger partial charge is 0.476 e. The molecule has 0 spiro atoms. The van der Waals surface area contributed by atoms with Gasteiger partial charge in [-0.25, -0.2) is 4.98 Å². The van der Waals surface area contributed by atoms with Crippen LogP contribution in [-0.2, 0) is 0 Å². The van der Waals surface area contributed by atoms with E-state index in [1.54, 1.807) is 18.3 Å². The zero-order valence-electron chi connectivity index (χ0n) is 8.65. The van der Waals surface area contributed by atoms with Crippen molar-refractivity contribution in [2.75, 3.05) is 6.61 Å². The molecule has 0 N–H and O–H groups in total. The second-order valence-corrected chi connectivity index (χ2v) is 3.93. The third-order valence-corrected chi connectivity index (χ3v) is 2.82. The Morgan fingerprint density at radius 2 is 2.27 bits per heavy atom. The van der Waals surface area contributed by atoms with Gasteiger partial charge in [-0.05, 0) is 30.9 Å². The zero-order chi connectivity index (χ0) is 10.5. The van der Waals surface area contributed by atoms with Crippen LogP contribution in [0, 0.1) is 17.2 Å². The smallest absolute Gasteiger partial charge is 0.231 e. The lowest BCUT2D eigenvalue weighted by atomic mass is 10.1. The molecule has 15 heavy (non-hydrogen) atoms. The van der Waals surface area contributed by atoms with Gasteiger partial charge in [0, 0.05) is 6.20 Å². The maximum absolute atomic E-state index is 8.84. The van der Waals surface area contributed by atoms with Gasteiger partial charge in [-0.2, -0.15) is 5.26 Å². The quantitative estimate of drug-likeness (QED) is 0.756. The second kappa shape index (κ2) is 4.79. The summed E-state index contributed by atoms with van der Waals surface area (Å²) in [6.45, 7) is 0.700. The predicted octanol–water partition coefficient (Wildman–Crippen LogP) is 2.52. The Hall–Kier alpha value is -1.56. The van der Waals surface area contributed by atoms with Gasteiger partial charge in [0.1, 0.15) is 11.6 Å². The van der Waals surface area contributed by atoms with Crippen molar-refractivity contribution in [3.8, 4) is 11.9 Å². The standard InChI is InChI=1S/C12H14N2O/c13-8-11-6-3-7-14-12(11)15-9-10-4-1-2-5-10/h3,6-7,10H,1-2,4-5,9H2. The molecular weight excluding hydrogens is 188 g/mol.